The molecule has 5 nitrogen and oxygen atoms in total. The van der Waals surface area contributed by atoms with Crippen molar-refractivity contribution in [3.8, 4) is 11.3 Å². The first kappa shape index (κ1) is 17.2. The second-order valence-electron chi connectivity index (χ2n) is 6.01. The number of hydrogen-bond donors (Lipinski definition) is 0. The molecule has 0 saturated heterocycles. The second-order valence-corrected chi connectivity index (χ2v) is 6.45. The summed E-state index contributed by atoms with van der Waals surface area (Å²) in [6.07, 6.45) is 0. The van der Waals surface area contributed by atoms with Gasteiger partial charge >= 0.3 is 11.6 Å². The molecule has 2 heterocycles. The Morgan fingerprint density at radius 1 is 1.11 bits per heavy atom. The van der Waals surface area contributed by atoms with Gasteiger partial charge in [-0.15, -0.1) is 0 Å². The molecule has 1 aromatic heterocycles. The number of rotatable bonds is 2. The normalized spacial score (nSPS) is 12.4. The van der Waals surface area contributed by atoms with E-state index in [0.717, 1.165) is 16.8 Å². The highest BCUT2D eigenvalue weighted by Crippen LogP contribution is 2.34. The van der Waals surface area contributed by atoms with Crippen molar-refractivity contribution in [2.75, 3.05) is 7.11 Å². The first-order chi connectivity index (χ1) is 13.1. The maximum absolute atomic E-state index is 12.3. The van der Waals surface area contributed by atoms with Crippen molar-refractivity contribution in [1.29, 1.82) is 0 Å². The molecule has 0 fully saturated rings. The number of fused-ring (bicyclic) bond motifs is 3. The minimum Gasteiger partial charge on any atom is -0.465 e. The van der Waals surface area contributed by atoms with Crippen LogP contribution < -0.4 is 5.63 Å². The summed E-state index contributed by atoms with van der Waals surface area (Å²) < 4.78 is 10.2. The minimum atomic E-state index is -0.746. The summed E-state index contributed by atoms with van der Waals surface area (Å²) >= 11 is 6.22. The average molecular weight is 380 g/mol. The Morgan fingerprint density at radius 3 is 2.63 bits per heavy atom. The van der Waals surface area contributed by atoms with Gasteiger partial charge in [-0.1, -0.05) is 41.9 Å². The zero-order valence-electron chi connectivity index (χ0n) is 14.4. The molecular formula is C21H14ClNO4. The molecule has 0 saturated carbocycles. The molecule has 1 aliphatic rings. The summed E-state index contributed by atoms with van der Waals surface area (Å²) in [6, 6.07) is 16.5. The Labute approximate surface area is 159 Å². The summed E-state index contributed by atoms with van der Waals surface area (Å²) in [5.41, 5.74) is 2.86. The average Bonchev–Trinajstić information content (AvgIpc) is 2.83. The number of halogens is 1. The van der Waals surface area contributed by atoms with Crippen LogP contribution >= 0.6 is 11.6 Å². The SMILES string of the molecule is COC(=O)c1cc2c(oc1=O)-c1ccc(Cl)cc1C(c1ccccc1)=NC2. The fraction of sp³-hybridized carbons (Fsp3) is 0.0952. The monoisotopic (exact) mass is 379 g/mol. The third-order valence-electron chi connectivity index (χ3n) is 4.37. The predicted octanol–water partition coefficient (Wildman–Crippen LogP) is 4.10. The van der Waals surface area contributed by atoms with Crippen molar-refractivity contribution in [1.82, 2.24) is 0 Å². The van der Waals surface area contributed by atoms with Crippen LogP contribution in [0.3, 0.4) is 0 Å². The Bertz CT molecular complexity index is 1130. The van der Waals surface area contributed by atoms with E-state index in [0.29, 0.717) is 21.9 Å². The predicted molar refractivity (Wildman–Crippen MR) is 103 cm³/mol. The Kier molecular flexibility index (Phi) is 4.38. The number of hydrogen-bond acceptors (Lipinski definition) is 5. The first-order valence-corrected chi connectivity index (χ1v) is 8.62. The molecule has 0 aliphatic carbocycles. The summed E-state index contributed by atoms with van der Waals surface area (Å²) in [7, 11) is 1.22. The van der Waals surface area contributed by atoms with Gasteiger partial charge in [0.1, 0.15) is 11.3 Å². The number of nitrogens with zero attached hydrogens (tertiary/aromatic N) is 1. The van der Waals surface area contributed by atoms with Crippen LogP contribution in [0.4, 0.5) is 0 Å². The molecule has 4 rings (SSSR count). The van der Waals surface area contributed by atoms with E-state index in [2.05, 4.69) is 4.74 Å². The zero-order valence-corrected chi connectivity index (χ0v) is 15.1. The Morgan fingerprint density at radius 2 is 1.89 bits per heavy atom. The van der Waals surface area contributed by atoms with Crippen molar-refractivity contribution in [3.63, 3.8) is 0 Å². The summed E-state index contributed by atoms with van der Waals surface area (Å²) in [5, 5.41) is 0.550. The van der Waals surface area contributed by atoms with E-state index in [9.17, 15) is 9.59 Å². The van der Waals surface area contributed by atoms with Gasteiger partial charge in [0, 0.05) is 27.3 Å². The second kappa shape index (κ2) is 6.85. The van der Waals surface area contributed by atoms with E-state index in [1.54, 1.807) is 18.2 Å². The number of carbonyl (C=O) groups excluding carboxylic acids is 1. The van der Waals surface area contributed by atoms with Crippen LogP contribution in [0.2, 0.25) is 5.02 Å². The molecule has 3 aromatic rings. The largest absolute Gasteiger partial charge is 0.465 e. The fourth-order valence-electron chi connectivity index (χ4n) is 3.11. The van der Waals surface area contributed by atoms with Crippen LogP contribution in [0.1, 0.15) is 27.0 Å². The van der Waals surface area contributed by atoms with Crippen LogP contribution in [0.15, 0.2) is 68.8 Å². The molecule has 0 bridgehead atoms. The van der Waals surface area contributed by atoms with Crippen LogP contribution in [-0.4, -0.2) is 18.8 Å². The molecule has 0 spiro atoms. The molecule has 27 heavy (non-hydrogen) atoms. The van der Waals surface area contributed by atoms with Gasteiger partial charge in [0.2, 0.25) is 0 Å². The Balaban J connectivity index is 1.98. The quantitative estimate of drug-likeness (QED) is 0.629. The van der Waals surface area contributed by atoms with Gasteiger partial charge in [-0.2, -0.15) is 0 Å². The smallest absolute Gasteiger partial charge is 0.351 e. The third kappa shape index (κ3) is 3.06. The summed E-state index contributed by atoms with van der Waals surface area (Å²) in [4.78, 5) is 28.9. The minimum absolute atomic E-state index is 0.148. The van der Waals surface area contributed by atoms with Gasteiger partial charge in [-0.3, -0.25) is 4.99 Å². The van der Waals surface area contributed by atoms with Gasteiger partial charge in [0.05, 0.1) is 19.4 Å². The number of ether oxygens (including phenoxy) is 1. The lowest BCUT2D eigenvalue weighted by atomic mass is 9.95. The molecule has 0 unspecified atom stereocenters. The third-order valence-corrected chi connectivity index (χ3v) is 4.60. The molecular weight excluding hydrogens is 366 g/mol. The highest BCUT2D eigenvalue weighted by molar-refractivity contribution is 6.31. The van der Waals surface area contributed by atoms with Gasteiger partial charge in [-0.05, 0) is 24.3 Å². The molecule has 2 aromatic carbocycles. The molecule has 134 valence electrons. The van der Waals surface area contributed by atoms with E-state index in [1.807, 2.05) is 30.3 Å². The molecule has 0 atom stereocenters. The maximum Gasteiger partial charge on any atom is 0.351 e. The van der Waals surface area contributed by atoms with Crippen LogP contribution in [0, 0.1) is 0 Å². The van der Waals surface area contributed by atoms with E-state index >= 15 is 0 Å². The highest BCUT2D eigenvalue weighted by atomic mass is 35.5. The highest BCUT2D eigenvalue weighted by Gasteiger charge is 2.24. The number of carbonyl (C=O) groups is 1. The van der Waals surface area contributed by atoms with Crippen molar-refractivity contribution >= 4 is 23.3 Å². The molecule has 6 heteroatoms. The van der Waals surface area contributed by atoms with Crippen molar-refractivity contribution < 1.29 is 13.9 Å². The topological polar surface area (TPSA) is 68.9 Å². The molecule has 0 amide bonds. The van der Waals surface area contributed by atoms with Crippen LogP contribution in [0.25, 0.3) is 11.3 Å². The van der Waals surface area contributed by atoms with E-state index in [4.69, 9.17) is 21.0 Å². The lowest BCUT2D eigenvalue weighted by molar-refractivity contribution is 0.0595. The number of benzene rings is 2. The molecule has 1 aliphatic heterocycles. The lowest BCUT2D eigenvalue weighted by Gasteiger charge is -2.11. The van der Waals surface area contributed by atoms with Crippen molar-refractivity contribution in [2.45, 2.75) is 6.54 Å². The van der Waals surface area contributed by atoms with Gasteiger partial charge in [-0.25, -0.2) is 9.59 Å². The lowest BCUT2D eigenvalue weighted by Crippen LogP contribution is -2.16. The van der Waals surface area contributed by atoms with Crippen molar-refractivity contribution in [2.24, 2.45) is 4.99 Å². The maximum atomic E-state index is 12.3. The number of esters is 1. The molecule has 0 radical (unpaired) electrons. The first-order valence-electron chi connectivity index (χ1n) is 8.24. The van der Waals surface area contributed by atoms with E-state index in [-0.39, 0.29) is 12.1 Å². The number of aliphatic imine (C=N–C) groups is 1. The van der Waals surface area contributed by atoms with Crippen molar-refractivity contribution in [3.05, 3.63) is 92.3 Å². The number of methoxy groups -OCH3 is 1. The zero-order chi connectivity index (χ0) is 19.0. The van der Waals surface area contributed by atoms with E-state index in [1.165, 1.54) is 13.2 Å². The van der Waals surface area contributed by atoms with Gasteiger partial charge in [0.15, 0.2) is 0 Å². The van der Waals surface area contributed by atoms with E-state index < -0.39 is 11.6 Å². The van der Waals surface area contributed by atoms with Gasteiger partial charge < -0.3 is 9.15 Å². The fourth-order valence-corrected chi connectivity index (χ4v) is 3.28. The summed E-state index contributed by atoms with van der Waals surface area (Å²) in [5.74, 6) is -0.353. The standard InChI is InChI=1S/C21H14ClNO4/c1-26-20(24)17-9-13-11-23-18(12-5-3-2-4-6-12)16-10-14(22)7-8-15(16)19(13)27-21(17)25/h2-10H,11H2,1H3. The molecule has 0 N–H and O–H groups in total. The Hall–Kier alpha value is -3.18. The summed E-state index contributed by atoms with van der Waals surface area (Å²) in [6.45, 7) is 0.250. The van der Waals surface area contributed by atoms with Crippen LogP contribution in [0.5, 0.6) is 0 Å². The van der Waals surface area contributed by atoms with Crippen LogP contribution in [-0.2, 0) is 11.3 Å². The van der Waals surface area contributed by atoms with Gasteiger partial charge in [0.25, 0.3) is 0 Å².